The van der Waals surface area contributed by atoms with Crippen molar-refractivity contribution in [1.29, 1.82) is 0 Å². The number of carbonyl (C=O) groups is 2. The van der Waals surface area contributed by atoms with Crippen molar-refractivity contribution in [2.24, 2.45) is 0 Å². The van der Waals surface area contributed by atoms with Crippen LogP contribution in [0.2, 0.25) is 0 Å². The van der Waals surface area contributed by atoms with Gasteiger partial charge in [0.2, 0.25) is 5.91 Å². The van der Waals surface area contributed by atoms with Crippen LogP contribution in [-0.4, -0.2) is 43.0 Å². The number of esters is 1. The second-order valence-electron chi connectivity index (χ2n) is 3.39. The molecule has 1 aliphatic heterocycles. The first-order valence-electron chi connectivity index (χ1n) is 4.85. The number of likely N-dealkylation sites (N-methyl/N-ethyl adjacent to an activating group) is 1. The molecule has 1 heterocycles. The Bertz CT molecular complexity index is 264. The van der Waals surface area contributed by atoms with Crippen LogP contribution in [0.15, 0.2) is 0 Å². The summed E-state index contributed by atoms with van der Waals surface area (Å²) in [7, 11) is 3.01. The third-order valence-electron chi connectivity index (χ3n) is 2.49. The van der Waals surface area contributed by atoms with Crippen molar-refractivity contribution in [2.45, 2.75) is 24.9 Å². The van der Waals surface area contributed by atoms with Crippen LogP contribution in [0.1, 0.15) is 12.8 Å². The van der Waals surface area contributed by atoms with E-state index in [2.05, 4.69) is 17.0 Å². The predicted molar refractivity (Wildman–Crippen MR) is 54.4 cm³/mol. The third kappa shape index (κ3) is 5.31. The van der Waals surface area contributed by atoms with Gasteiger partial charge in [-0.2, -0.15) is 6.42 Å². The van der Waals surface area contributed by atoms with Gasteiger partial charge in [-0.3, -0.25) is 9.59 Å². The SMILES string of the molecule is [CH2-]C(C(=O)OC)N1[CH-]CC[C@H](NC)C1=O.[Y].[Y]. The zero-order valence-corrected chi connectivity index (χ0v) is 15.9. The standard InChI is InChI=1S/C10H16N2O3.2Y/c1-7(10(14)15-3)12-6-4-5-8(11-2)9(12)13;;/h6-8,11H,1,4-5H2,2-3H3;;/q-2;;/t7?,8-;;/m0../s1. The summed E-state index contributed by atoms with van der Waals surface area (Å²) in [4.78, 5) is 24.4. The van der Waals surface area contributed by atoms with Crippen LogP contribution in [0, 0.1) is 13.5 Å². The van der Waals surface area contributed by atoms with E-state index in [1.165, 1.54) is 12.0 Å². The van der Waals surface area contributed by atoms with Crippen LogP contribution in [0.3, 0.4) is 0 Å². The molecule has 5 nitrogen and oxygen atoms in total. The summed E-state index contributed by atoms with van der Waals surface area (Å²) in [6, 6.07) is -1.03. The summed E-state index contributed by atoms with van der Waals surface area (Å²) in [5.74, 6) is -0.634. The molecule has 1 fully saturated rings. The van der Waals surface area contributed by atoms with Crippen LogP contribution in [0.4, 0.5) is 0 Å². The first-order valence-corrected chi connectivity index (χ1v) is 4.85. The van der Waals surface area contributed by atoms with Crippen molar-refractivity contribution in [3.8, 4) is 0 Å². The second kappa shape index (κ2) is 9.96. The van der Waals surface area contributed by atoms with E-state index < -0.39 is 12.0 Å². The monoisotopic (exact) mass is 390 g/mol. The minimum atomic E-state index is -0.793. The Hall–Kier alpha value is 1.11. The molecule has 92 valence electrons. The number of rotatable bonds is 3. The number of nitrogens with zero attached hydrogens (tertiary/aromatic N) is 1. The molecule has 0 bridgehead atoms. The van der Waals surface area contributed by atoms with E-state index in [9.17, 15) is 9.59 Å². The Balaban J connectivity index is 0. The predicted octanol–water partition coefficient (Wildman–Crippen LogP) is -0.271. The molecule has 7 heteroatoms. The summed E-state index contributed by atoms with van der Waals surface area (Å²) in [6.45, 7) is 5.32. The molecule has 0 aromatic rings. The number of ether oxygens (including phenoxy) is 1. The Kier molecular flexibility index (Phi) is 12.0. The first kappa shape index (κ1) is 20.4. The smallest absolute Gasteiger partial charge is 0.294 e. The number of methoxy groups -OCH3 is 1. The van der Waals surface area contributed by atoms with Crippen molar-refractivity contribution < 1.29 is 79.7 Å². The first-order chi connectivity index (χ1) is 7.11. The normalized spacial score (nSPS) is 21.0. The molecule has 2 atom stereocenters. The average molecular weight is 390 g/mol. The van der Waals surface area contributed by atoms with Crippen LogP contribution >= 0.6 is 0 Å². The van der Waals surface area contributed by atoms with Gasteiger partial charge in [0.25, 0.3) is 5.97 Å². The number of likely N-dealkylation sites (tertiary alicyclic amines) is 1. The molecule has 1 amide bonds. The van der Waals surface area contributed by atoms with Crippen molar-refractivity contribution in [1.82, 2.24) is 10.2 Å². The van der Waals surface area contributed by atoms with Gasteiger partial charge in [0.15, 0.2) is 0 Å². The maximum absolute atomic E-state index is 11.8. The van der Waals surface area contributed by atoms with Gasteiger partial charge in [0, 0.05) is 65.4 Å². The van der Waals surface area contributed by atoms with E-state index in [1.807, 2.05) is 0 Å². The average Bonchev–Trinajstić information content (AvgIpc) is 2.27. The number of nitrogens with one attached hydrogen (secondary N) is 1. The Morgan fingerprint density at radius 3 is 2.71 bits per heavy atom. The van der Waals surface area contributed by atoms with Gasteiger partial charge in [-0.25, -0.2) is 6.54 Å². The van der Waals surface area contributed by atoms with E-state index in [1.54, 1.807) is 13.6 Å². The minimum absolute atomic E-state index is 0. The van der Waals surface area contributed by atoms with Gasteiger partial charge < -0.3 is 21.9 Å². The molecular weight excluding hydrogens is 374 g/mol. The molecule has 0 spiro atoms. The molecule has 0 aromatic heterocycles. The maximum atomic E-state index is 11.8. The molecule has 0 aromatic carbocycles. The largest absolute Gasteiger partial charge is 0.505 e. The van der Waals surface area contributed by atoms with Crippen molar-refractivity contribution in [2.75, 3.05) is 14.2 Å². The Labute approximate surface area is 153 Å². The summed E-state index contributed by atoms with van der Waals surface area (Å²) in [5.41, 5.74) is 0. The number of carbonyl (C=O) groups excluding carboxylic acids is 2. The zero-order valence-electron chi connectivity index (χ0n) is 10.2. The second-order valence-corrected chi connectivity index (χ2v) is 3.39. The number of amides is 1. The minimum Gasteiger partial charge on any atom is -0.505 e. The zero-order chi connectivity index (χ0) is 11.4. The molecular formula is C10H16N2O3Y2-2. The van der Waals surface area contributed by atoms with Gasteiger partial charge in [-0.05, 0) is 13.1 Å². The van der Waals surface area contributed by atoms with Crippen LogP contribution < -0.4 is 5.32 Å². The molecule has 0 aliphatic carbocycles. The summed E-state index contributed by atoms with van der Waals surface area (Å²) >= 11 is 0. The van der Waals surface area contributed by atoms with Crippen molar-refractivity contribution in [3.63, 3.8) is 0 Å². The van der Waals surface area contributed by atoms with Gasteiger partial charge in [-0.15, -0.1) is 0 Å². The molecule has 0 saturated carbocycles. The third-order valence-corrected chi connectivity index (χ3v) is 2.49. The Morgan fingerprint density at radius 2 is 2.24 bits per heavy atom. The molecule has 1 unspecified atom stereocenters. The van der Waals surface area contributed by atoms with E-state index in [-0.39, 0.29) is 77.4 Å². The molecule has 1 rings (SSSR count). The quantitative estimate of drug-likeness (QED) is 0.533. The molecule has 1 saturated heterocycles. The van der Waals surface area contributed by atoms with Crippen LogP contribution in [0.25, 0.3) is 0 Å². The van der Waals surface area contributed by atoms with Gasteiger partial charge in [0.05, 0.1) is 13.2 Å². The van der Waals surface area contributed by atoms with E-state index in [4.69, 9.17) is 0 Å². The van der Waals surface area contributed by atoms with E-state index >= 15 is 0 Å². The number of hydrogen-bond acceptors (Lipinski definition) is 4. The molecule has 2 radical (unpaired) electrons. The van der Waals surface area contributed by atoms with Gasteiger partial charge in [-0.1, -0.05) is 6.42 Å². The molecule has 17 heavy (non-hydrogen) atoms. The van der Waals surface area contributed by atoms with E-state index in [0.29, 0.717) is 0 Å². The van der Waals surface area contributed by atoms with Gasteiger partial charge in [0.1, 0.15) is 0 Å². The van der Waals surface area contributed by atoms with Crippen LogP contribution in [0.5, 0.6) is 0 Å². The number of piperidine rings is 1. The fraction of sp³-hybridized carbons (Fsp3) is 0.600. The number of hydrogen-bond donors (Lipinski definition) is 1. The van der Waals surface area contributed by atoms with Crippen LogP contribution in [-0.2, 0) is 79.7 Å². The topological polar surface area (TPSA) is 58.6 Å². The molecule has 1 aliphatic rings. The summed E-state index contributed by atoms with van der Waals surface area (Å²) in [6.07, 6.45) is 1.50. The van der Waals surface area contributed by atoms with Gasteiger partial charge >= 0.3 is 0 Å². The maximum Gasteiger partial charge on any atom is 0.294 e. The fourth-order valence-electron chi connectivity index (χ4n) is 1.57. The fourth-order valence-corrected chi connectivity index (χ4v) is 1.57. The van der Waals surface area contributed by atoms with E-state index in [0.717, 1.165) is 12.8 Å². The summed E-state index contributed by atoms with van der Waals surface area (Å²) < 4.78 is 4.55. The summed E-state index contributed by atoms with van der Waals surface area (Å²) in [5, 5.41) is 2.90. The molecule has 1 N–H and O–H groups in total. The van der Waals surface area contributed by atoms with Crippen molar-refractivity contribution >= 4 is 11.9 Å². The van der Waals surface area contributed by atoms with Crippen molar-refractivity contribution in [3.05, 3.63) is 13.5 Å². The Morgan fingerprint density at radius 1 is 1.65 bits per heavy atom.